The Balaban J connectivity index is 3.23. The maximum atomic E-state index is 5.57. The van der Waals surface area contributed by atoms with Crippen molar-refractivity contribution in [2.45, 2.75) is 33.6 Å². The lowest BCUT2D eigenvalue weighted by Crippen LogP contribution is -2.25. The van der Waals surface area contributed by atoms with Crippen LogP contribution in [0.15, 0.2) is 0 Å². The zero-order valence-electron chi connectivity index (χ0n) is 8.02. The van der Waals surface area contributed by atoms with E-state index in [4.69, 9.17) is 10.5 Å². The van der Waals surface area contributed by atoms with Crippen LogP contribution in [0.4, 0.5) is 0 Å². The summed E-state index contributed by atoms with van der Waals surface area (Å²) in [5.74, 6) is 0. The van der Waals surface area contributed by atoms with Gasteiger partial charge in [0.15, 0.2) is 0 Å². The Morgan fingerprint density at radius 2 is 1.91 bits per heavy atom. The molecular weight excluding hydrogens is 138 g/mol. The summed E-state index contributed by atoms with van der Waals surface area (Å²) < 4.78 is 5.36. The van der Waals surface area contributed by atoms with Crippen LogP contribution in [0.2, 0.25) is 0 Å². The molecule has 0 bridgehead atoms. The molecule has 11 heavy (non-hydrogen) atoms. The van der Waals surface area contributed by atoms with E-state index in [1.54, 1.807) is 0 Å². The minimum Gasteiger partial charge on any atom is -0.381 e. The summed E-state index contributed by atoms with van der Waals surface area (Å²) >= 11 is 0. The number of nitrogens with two attached hydrogens (primary N) is 1. The van der Waals surface area contributed by atoms with Crippen LogP contribution in [-0.4, -0.2) is 19.8 Å². The maximum Gasteiger partial charge on any atom is 0.0471 e. The van der Waals surface area contributed by atoms with Crippen LogP contribution in [0, 0.1) is 5.41 Å². The second-order valence-electron chi connectivity index (χ2n) is 3.73. The molecule has 2 heteroatoms. The lowest BCUT2D eigenvalue weighted by atomic mass is 9.90. The van der Waals surface area contributed by atoms with Crippen molar-refractivity contribution in [2.24, 2.45) is 11.1 Å². The van der Waals surface area contributed by atoms with Crippen LogP contribution in [0.1, 0.15) is 33.6 Å². The van der Waals surface area contributed by atoms with Gasteiger partial charge in [-0.3, -0.25) is 0 Å². The molecule has 68 valence electrons. The molecule has 0 saturated heterocycles. The molecule has 0 heterocycles. The molecule has 0 aromatic heterocycles. The molecule has 0 aliphatic carbocycles. The van der Waals surface area contributed by atoms with E-state index < -0.39 is 0 Å². The van der Waals surface area contributed by atoms with Gasteiger partial charge in [-0.25, -0.2) is 0 Å². The van der Waals surface area contributed by atoms with Gasteiger partial charge in [0.05, 0.1) is 0 Å². The molecule has 2 N–H and O–H groups in total. The van der Waals surface area contributed by atoms with Gasteiger partial charge in [-0.05, 0) is 24.8 Å². The van der Waals surface area contributed by atoms with E-state index in [0.717, 1.165) is 32.6 Å². The Morgan fingerprint density at radius 3 is 2.36 bits per heavy atom. The summed E-state index contributed by atoms with van der Waals surface area (Å²) in [4.78, 5) is 0. The van der Waals surface area contributed by atoms with Gasteiger partial charge in [0.2, 0.25) is 0 Å². The third-order valence-corrected chi connectivity index (χ3v) is 1.82. The molecule has 0 aliphatic heterocycles. The van der Waals surface area contributed by atoms with Crippen molar-refractivity contribution in [1.29, 1.82) is 0 Å². The van der Waals surface area contributed by atoms with Gasteiger partial charge in [-0.2, -0.15) is 0 Å². The standard InChI is InChI=1S/C9H21NO/c1-4-6-11-7-5-9(2,3)8-10/h4-8,10H2,1-3H3. The van der Waals surface area contributed by atoms with Crippen molar-refractivity contribution < 1.29 is 4.74 Å². The number of rotatable bonds is 6. The molecule has 0 rings (SSSR count). The lowest BCUT2D eigenvalue weighted by Gasteiger charge is -2.21. The van der Waals surface area contributed by atoms with Crippen molar-refractivity contribution in [1.82, 2.24) is 0 Å². The van der Waals surface area contributed by atoms with E-state index in [0.29, 0.717) is 0 Å². The first-order valence-electron chi connectivity index (χ1n) is 4.40. The molecule has 0 aromatic carbocycles. The topological polar surface area (TPSA) is 35.2 Å². The summed E-state index contributed by atoms with van der Waals surface area (Å²) in [6, 6.07) is 0. The largest absolute Gasteiger partial charge is 0.381 e. The summed E-state index contributed by atoms with van der Waals surface area (Å²) in [6.07, 6.45) is 2.16. The van der Waals surface area contributed by atoms with Crippen LogP contribution in [0.3, 0.4) is 0 Å². The second-order valence-corrected chi connectivity index (χ2v) is 3.73. The van der Waals surface area contributed by atoms with Gasteiger partial charge < -0.3 is 10.5 Å². The van der Waals surface area contributed by atoms with Crippen molar-refractivity contribution in [3.05, 3.63) is 0 Å². The maximum absolute atomic E-state index is 5.57. The normalized spacial score (nSPS) is 12.0. The Morgan fingerprint density at radius 1 is 1.27 bits per heavy atom. The quantitative estimate of drug-likeness (QED) is 0.600. The highest BCUT2D eigenvalue weighted by molar-refractivity contribution is 4.68. The van der Waals surface area contributed by atoms with Crippen LogP contribution in [0.25, 0.3) is 0 Å². The van der Waals surface area contributed by atoms with Crippen molar-refractivity contribution >= 4 is 0 Å². The third-order valence-electron chi connectivity index (χ3n) is 1.82. The zero-order valence-corrected chi connectivity index (χ0v) is 8.02. The van der Waals surface area contributed by atoms with Gasteiger partial charge in [0.1, 0.15) is 0 Å². The summed E-state index contributed by atoms with van der Waals surface area (Å²) in [6.45, 7) is 8.92. The highest BCUT2D eigenvalue weighted by Crippen LogP contribution is 2.17. The minimum absolute atomic E-state index is 0.244. The lowest BCUT2D eigenvalue weighted by molar-refractivity contribution is 0.106. The fourth-order valence-electron chi connectivity index (χ4n) is 0.697. The zero-order chi connectivity index (χ0) is 8.74. The monoisotopic (exact) mass is 159 g/mol. The van der Waals surface area contributed by atoms with Gasteiger partial charge in [-0.1, -0.05) is 20.8 Å². The summed E-state index contributed by atoms with van der Waals surface area (Å²) in [5.41, 5.74) is 5.81. The Kier molecular flexibility index (Phi) is 5.51. The molecule has 0 atom stereocenters. The van der Waals surface area contributed by atoms with E-state index >= 15 is 0 Å². The molecule has 0 aromatic rings. The number of hydrogen-bond acceptors (Lipinski definition) is 2. The predicted octanol–water partition coefficient (Wildman–Crippen LogP) is 1.79. The van der Waals surface area contributed by atoms with Crippen LogP contribution >= 0.6 is 0 Å². The average Bonchev–Trinajstić information content (AvgIpc) is 1.99. The Hall–Kier alpha value is -0.0800. The van der Waals surface area contributed by atoms with Crippen LogP contribution in [0.5, 0.6) is 0 Å². The minimum atomic E-state index is 0.244. The Labute approximate surface area is 70.1 Å². The molecule has 2 nitrogen and oxygen atoms in total. The van der Waals surface area contributed by atoms with E-state index in [1.165, 1.54) is 0 Å². The van der Waals surface area contributed by atoms with E-state index in [-0.39, 0.29) is 5.41 Å². The first-order chi connectivity index (χ1) is 5.12. The first kappa shape index (κ1) is 10.9. The van der Waals surface area contributed by atoms with Gasteiger partial charge in [-0.15, -0.1) is 0 Å². The van der Waals surface area contributed by atoms with Gasteiger partial charge >= 0.3 is 0 Å². The smallest absolute Gasteiger partial charge is 0.0471 e. The number of hydrogen-bond donors (Lipinski definition) is 1. The van der Waals surface area contributed by atoms with E-state index in [9.17, 15) is 0 Å². The molecule has 0 unspecified atom stereocenters. The van der Waals surface area contributed by atoms with Crippen molar-refractivity contribution in [3.63, 3.8) is 0 Å². The Bertz CT molecular complexity index is 91.6. The molecule has 0 saturated carbocycles. The average molecular weight is 159 g/mol. The highest BCUT2D eigenvalue weighted by Gasteiger charge is 2.14. The van der Waals surface area contributed by atoms with Crippen molar-refractivity contribution in [3.8, 4) is 0 Å². The van der Waals surface area contributed by atoms with Gasteiger partial charge in [0, 0.05) is 13.2 Å². The predicted molar refractivity (Wildman–Crippen MR) is 48.6 cm³/mol. The van der Waals surface area contributed by atoms with Gasteiger partial charge in [0.25, 0.3) is 0 Å². The molecule has 0 radical (unpaired) electrons. The van der Waals surface area contributed by atoms with Crippen molar-refractivity contribution in [2.75, 3.05) is 19.8 Å². The molecule has 0 aliphatic rings. The SMILES string of the molecule is CCCOCCC(C)(C)CN. The first-order valence-corrected chi connectivity index (χ1v) is 4.40. The third kappa shape index (κ3) is 6.32. The highest BCUT2D eigenvalue weighted by atomic mass is 16.5. The fraction of sp³-hybridized carbons (Fsp3) is 1.00. The van der Waals surface area contributed by atoms with Crippen LogP contribution in [-0.2, 0) is 4.74 Å². The molecule has 0 fully saturated rings. The van der Waals surface area contributed by atoms with Crippen LogP contribution < -0.4 is 5.73 Å². The summed E-state index contributed by atoms with van der Waals surface area (Å²) in [7, 11) is 0. The summed E-state index contributed by atoms with van der Waals surface area (Å²) in [5, 5.41) is 0. The second kappa shape index (κ2) is 5.56. The molecule has 0 amide bonds. The fourth-order valence-corrected chi connectivity index (χ4v) is 0.697. The van der Waals surface area contributed by atoms with E-state index in [2.05, 4.69) is 20.8 Å². The molecule has 0 spiro atoms. The van der Waals surface area contributed by atoms with E-state index in [1.807, 2.05) is 0 Å². The number of ether oxygens (including phenoxy) is 1. The molecular formula is C9H21NO.